The molecule has 0 radical (unpaired) electrons. The molecule has 8 heteroatoms. The first kappa shape index (κ1) is 16.8. The Hall–Kier alpha value is -3.68. The lowest BCUT2D eigenvalue weighted by Crippen LogP contribution is -2.17. The third-order valence-corrected chi connectivity index (χ3v) is 4.19. The zero-order valence-electron chi connectivity index (χ0n) is 14.9. The van der Waals surface area contributed by atoms with Crippen molar-refractivity contribution in [3.8, 4) is 11.4 Å². The highest BCUT2D eigenvalue weighted by Crippen LogP contribution is 2.29. The Morgan fingerprint density at radius 1 is 1.19 bits per heavy atom. The van der Waals surface area contributed by atoms with Crippen LogP contribution >= 0.6 is 0 Å². The van der Waals surface area contributed by atoms with E-state index >= 15 is 0 Å². The summed E-state index contributed by atoms with van der Waals surface area (Å²) in [4.78, 5) is 23.5. The van der Waals surface area contributed by atoms with E-state index in [-0.39, 0.29) is 11.4 Å². The van der Waals surface area contributed by atoms with Crippen LogP contribution in [0, 0.1) is 6.92 Å². The van der Waals surface area contributed by atoms with Crippen LogP contribution in [-0.2, 0) is 0 Å². The van der Waals surface area contributed by atoms with Gasteiger partial charge in [-0.2, -0.15) is 5.10 Å². The van der Waals surface area contributed by atoms with Gasteiger partial charge in [-0.3, -0.25) is 9.78 Å². The average Bonchev–Trinajstić information content (AvgIpc) is 3.17. The SMILES string of the molecule is Cc1ccc2nc(N)c(O[C@@H](C)c3[nH]c(=O)ccc3-n3cccn3)cc2n1. The summed E-state index contributed by atoms with van der Waals surface area (Å²) >= 11 is 0. The monoisotopic (exact) mass is 362 g/mol. The van der Waals surface area contributed by atoms with E-state index in [1.807, 2.05) is 26.0 Å². The number of nitrogens with one attached hydrogen (secondary N) is 1. The molecule has 0 fully saturated rings. The van der Waals surface area contributed by atoms with Gasteiger partial charge in [0.25, 0.3) is 0 Å². The van der Waals surface area contributed by atoms with E-state index in [1.165, 1.54) is 6.07 Å². The summed E-state index contributed by atoms with van der Waals surface area (Å²) in [7, 11) is 0. The van der Waals surface area contributed by atoms with Crippen molar-refractivity contribution < 1.29 is 4.74 Å². The van der Waals surface area contributed by atoms with E-state index in [9.17, 15) is 4.79 Å². The molecule has 0 amide bonds. The number of nitrogen functional groups attached to an aromatic ring is 1. The van der Waals surface area contributed by atoms with Crippen molar-refractivity contribution in [1.82, 2.24) is 24.7 Å². The van der Waals surface area contributed by atoms with Crippen LogP contribution in [0.4, 0.5) is 5.82 Å². The number of hydrogen-bond donors (Lipinski definition) is 2. The van der Waals surface area contributed by atoms with Gasteiger partial charge in [-0.1, -0.05) is 0 Å². The van der Waals surface area contributed by atoms with Gasteiger partial charge < -0.3 is 15.5 Å². The number of nitrogens with zero attached hydrogens (tertiary/aromatic N) is 4. The largest absolute Gasteiger partial charge is 0.480 e. The summed E-state index contributed by atoms with van der Waals surface area (Å²) in [6, 6.07) is 10.5. The first-order valence-corrected chi connectivity index (χ1v) is 8.45. The molecule has 0 saturated carbocycles. The number of rotatable bonds is 4. The van der Waals surface area contributed by atoms with E-state index in [0.29, 0.717) is 28.2 Å². The molecule has 4 heterocycles. The van der Waals surface area contributed by atoms with Gasteiger partial charge in [0.15, 0.2) is 11.6 Å². The molecule has 0 aromatic carbocycles. The normalized spacial score (nSPS) is 12.2. The molecule has 3 N–H and O–H groups in total. The van der Waals surface area contributed by atoms with Crippen LogP contribution in [-0.4, -0.2) is 24.7 Å². The summed E-state index contributed by atoms with van der Waals surface area (Å²) in [5, 5.41) is 4.23. The molecular weight excluding hydrogens is 344 g/mol. The molecule has 0 unspecified atom stereocenters. The van der Waals surface area contributed by atoms with Gasteiger partial charge in [0.2, 0.25) is 5.56 Å². The highest BCUT2D eigenvalue weighted by molar-refractivity contribution is 5.79. The van der Waals surface area contributed by atoms with Gasteiger partial charge >= 0.3 is 0 Å². The lowest BCUT2D eigenvalue weighted by Gasteiger charge is -2.19. The van der Waals surface area contributed by atoms with Crippen LogP contribution in [0.3, 0.4) is 0 Å². The number of nitrogens with two attached hydrogens (primary N) is 1. The van der Waals surface area contributed by atoms with Crippen molar-refractivity contribution in [3.05, 3.63) is 70.5 Å². The predicted molar refractivity (Wildman–Crippen MR) is 102 cm³/mol. The van der Waals surface area contributed by atoms with E-state index < -0.39 is 6.10 Å². The molecule has 27 heavy (non-hydrogen) atoms. The molecule has 8 nitrogen and oxygen atoms in total. The average molecular weight is 362 g/mol. The van der Waals surface area contributed by atoms with Crippen molar-refractivity contribution >= 4 is 16.9 Å². The number of pyridine rings is 3. The van der Waals surface area contributed by atoms with Gasteiger partial charge in [0.05, 0.1) is 22.4 Å². The number of H-pyrrole nitrogens is 1. The maximum Gasteiger partial charge on any atom is 0.248 e. The fourth-order valence-corrected chi connectivity index (χ4v) is 2.90. The van der Waals surface area contributed by atoms with Crippen molar-refractivity contribution in [3.63, 3.8) is 0 Å². The minimum absolute atomic E-state index is 0.224. The Morgan fingerprint density at radius 2 is 2.04 bits per heavy atom. The Morgan fingerprint density at radius 3 is 2.81 bits per heavy atom. The lowest BCUT2D eigenvalue weighted by atomic mass is 10.2. The first-order chi connectivity index (χ1) is 13.0. The minimum Gasteiger partial charge on any atom is -0.480 e. The Bertz CT molecular complexity index is 1170. The van der Waals surface area contributed by atoms with Gasteiger partial charge in [0, 0.05) is 30.2 Å². The van der Waals surface area contributed by atoms with Crippen LogP contribution in [0.25, 0.3) is 16.7 Å². The molecule has 0 saturated heterocycles. The molecule has 4 rings (SSSR count). The topological polar surface area (TPSA) is 112 Å². The second-order valence-electron chi connectivity index (χ2n) is 6.19. The first-order valence-electron chi connectivity index (χ1n) is 8.45. The fourth-order valence-electron chi connectivity index (χ4n) is 2.90. The highest BCUT2D eigenvalue weighted by Gasteiger charge is 2.17. The highest BCUT2D eigenvalue weighted by atomic mass is 16.5. The molecule has 0 bridgehead atoms. The van der Waals surface area contributed by atoms with Crippen LogP contribution in [0.15, 0.2) is 53.6 Å². The van der Waals surface area contributed by atoms with Gasteiger partial charge in [-0.15, -0.1) is 0 Å². The summed E-state index contributed by atoms with van der Waals surface area (Å²) < 4.78 is 7.70. The van der Waals surface area contributed by atoms with Crippen LogP contribution < -0.4 is 16.0 Å². The quantitative estimate of drug-likeness (QED) is 0.577. The Kier molecular flexibility index (Phi) is 4.08. The second kappa shape index (κ2) is 6.56. The zero-order valence-corrected chi connectivity index (χ0v) is 14.9. The van der Waals surface area contributed by atoms with E-state index in [1.54, 1.807) is 35.3 Å². The number of aryl methyl sites for hydroxylation is 1. The van der Waals surface area contributed by atoms with Gasteiger partial charge in [-0.25, -0.2) is 9.67 Å². The Labute approximate surface area is 154 Å². The summed E-state index contributed by atoms with van der Waals surface area (Å²) in [6.45, 7) is 3.73. The number of fused-ring (bicyclic) bond motifs is 1. The predicted octanol–water partition coefficient (Wildman–Crippen LogP) is 2.53. The van der Waals surface area contributed by atoms with E-state index in [2.05, 4.69) is 20.1 Å². The molecule has 0 aliphatic heterocycles. The van der Waals surface area contributed by atoms with Crippen LogP contribution in [0.1, 0.15) is 24.4 Å². The summed E-state index contributed by atoms with van der Waals surface area (Å²) in [6.07, 6.45) is 2.96. The Balaban J connectivity index is 1.74. The van der Waals surface area contributed by atoms with E-state index in [0.717, 1.165) is 5.69 Å². The van der Waals surface area contributed by atoms with Crippen molar-refractivity contribution in [2.24, 2.45) is 0 Å². The molecule has 4 aromatic rings. The number of hydrogen-bond acceptors (Lipinski definition) is 6. The standard InChI is InChI=1S/C19H18N6O2/c1-11-4-5-13-14(22-11)10-16(19(20)23-13)27-12(2)18-15(6-7-17(26)24-18)25-9-3-8-21-25/h3-10,12H,1-2H3,(H2,20,23)(H,24,26)/t12-/m0/s1. The van der Waals surface area contributed by atoms with Crippen molar-refractivity contribution in [1.29, 1.82) is 0 Å². The minimum atomic E-state index is -0.496. The maximum absolute atomic E-state index is 11.9. The van der Waals surface area contributed by atoms with E-state index in [4.69, 9.17) is 10.5 Å². The number of anilines is 1. The zero-order chi connectivity index (χ0) is 19.0. The number of ether oxygens (including phenoxy) is 1. The molecule has 1 atom stereocenters. The lowest BCUT2D eigenvalue weighted by molar-refractivity contribution is 0.222. The summed E-state index contributed by atoms with van der Waals surface area (Å²) in [5.74, 6) is 0.670. The van der Waals surface area contributed by atoms with Crippen molar-refractivity contribution in [2.75, 3.05) is 5.73 Å². The fraction of sp³-hybridized carbons (Fsp3) is 0.158. The molecule has 136 valence electrons. The number of aromatic amines is 1. The molecule has 0 spiro atoms. The van der Waals surface area contributed by atoms with Crippen molar-refractivity contribution in [2.45, 2.75) is 20.0 Å². The van der Waals surface area contributed by atoms with Gasteiger partial charge in [0.1, 0.15) is 6.10 Å². The molecule has 0 aliphatic carbocycles. The smallest absolute Gasteiger partial charge is 0.248 e. The third kappa shape index (κ3) is 3.24. The maximum atomic E-state index is 11.9. The molecule has 0 aliphatic rings. The molecular formula is C19H18N6O2. The summed E-state index contributed by atoms with van der Waals surface area (Å²) in [5.41, 5.74) is 9.41. The van der Waals surface area contributed by atoms with Crippen LogP contribution in [0.5, 0.6) is 5.75 Å². The molecule has 4 aromatic heterocycles. The van der Waals surface area contributed by atoms with Crippen LogP contribution in [0.2, 0.25) is 0 Å². The number of aromatic nitrogens is 5. The third-order valence-electron chi connectivity index (χ3n) is 4.19. The van der Waals surface area contributed by atoms with Gasteiger partial charge in [-0.05, 0) is 38.1 Å². The second-order valence-corrected chi connectivity index (χ2v) is 6.19.